The number of nitrogens with one attached hydrogen (secondary N) is 1. The predicted molar refractivity (Wildman–Crippen MR) is 105 cm³/mol. The van der Waals surface area contributed by atoms with Crippen LogP contribution in [0, 0.1) is 0 Å². The van der Waals surface area contributed by atoms with Crippen LogP contribution in [0.25, 0.3) is 16.3 Å². The number of nitrogens with two attached hydrogens (primary N) is 1. The number of hydrogen-bond acceptors (Lipinski definition) is 5. The van der Waals surface area contributed by atoms with Gasteiger partial charge in [-0.15, -0.1) is 11.3 Å². The highest BCUT2D eigenvalue weighted by molar-refractivity contribution is 7.13. The molecule has 0 aliphatic heterocycles. The second kappa shape index (κ2) is 7.80. The molecule has 6 nitrogen and oxygen atoms in total. The van der Waals surface area contributed by atoms with Crippen molar-refractivity contribution in [2.75, 3.05) is 6.54 Å². The van der Waals surface area contributed by atoms with Gasteiger partial charge < -0.3 is 11.1 Å². The molecular formula is C19H23N5OS. The molecule has 136 valence electrons. The van der Waals surface area contributed by atoms with E-state index in [2.05, 4.69) is 15.4 Å². The summed E-state index contributed by atoms with van der Waals surface area (Å²) in [4.78, 5) is 17.1. The molecule has 1 amide bonds. The number of para-hydroxylation sites is 1. The molecule has 0 aliphatic rings. The van der Waals surface area contributed by atoms with Gasteiger partial charge in [-0.05, 0) is 25.0 Å². The Balaban J connectivity index is 1.78. The highest BCUT2D eigenvalue weighted by Gasteiger charge is 2.27. The Kier molecular flexibility index (Phi) is 5.49. The van der Waals surface area contributed by atoms with Crippen LogP contribution in [-0.2, 0) is 0 Å². The minimum absolute atomic E-state index is 0.183. The molecule has 0 aliphatic carbocycles. The topological polar surface area (TPSA) is 85.8 Å². The van der Waals surface area contributed by atoms with Crippen LogP contribution >= 0.6 is 11.3 Å². The molecule has 2 aromatic heterocycles. The van der Waals surface area contributed by atoms with E-state index >= 15 is 0 Å². The SMILES string of the molecule is CCC(CC)(CN)NC(=O)c1csc(-c2cnn(-c3ccccc3)c2)n1. The monoisotopic (exact) mass is 369 g/mol. The Morgan fingerprint density at radius 3 is 2.65 bits per heavy atom. The van der Waals surface area contributed by atoms with Crippen molar-refractivity contribution in [2.24, 2.45) is 5.73 Å². The fraction of sp³-hybridized carbons (Fsp3) is 0.316. The average molecular weight is 369 g/mol. The molecule has 0 fully saturated rings. The fourth-order valence-corrected chi connectivity index (χ4v) is 3.51. The Hall–Kier alpha value is -2.51. The van der Waals surface area contributed by atoms with Crippen molar-refractivity contribution >= 4 is 17.2 Å². The summed E-state index contributed by atoms with van der Waals surface area (Å²) in [6.07, 6.45) is 5.24. The molecule has 7 heteroatoms. The lowest BCUT2D eigenvalue weighted by atomic mass is 9.93. The van der Waals surface area contributed by atoms with Crippen molar-refractivity contribution in [1.82, 2.24) is 20.1 Å². The number of carbonyl (C=O) groups is 1. The van der Waals surface area contributed by atoms with Gasteiger partial charge in [0.2, 0.25) is 0 Å². The number of hydrogen-bond donors (Lipinski definition) is 2. The van der Waals surface area contributed by atoms with Crippen molar-refractivity contribution in [3.8, 4) is 16.3 Å². The number of benzene rings is 1. The van der Waals surface area contributed by atoms with Crippen LogP contribution < -0.4 is 11.1 Å². The van der Waals surface area contributed by atoms with Crippen molar-refractivity contribution in [3.05, 3.63) is 53.8 Å². The lowest BCUT2D eigenvalue weighted by molar-refractivity contribution is 0.0891. The summed E-state index contributed by atoms with van der Waals surface area (Å²) in [5.41, 5.74) is 7.77. The molecule has 0 spiro atoms. The first-order chi connectivity index (χ1) is 12.6. The first-order valence-corrected chi connectivity index (χ1v) is 9.57. The Morgan fingerprint density at radius 1 is 1.27 bits per heavy atom. The van der Waals surface area contributed by atoms with Gasteiger partial charge in [-0.2, -0.15) is 5.10 Å². The van der Waals surface area contributed by atoms with Gasteiger partial charge in [0, 0.05) is 23.7 Å². The van der Waals surface area contributed by atoms with Crippen LogP contribution in [0.15, 0.2) is 48.1 Å². The smallest absolute Gasteiger partial charge is 0.271 e. The van der Waals surface area contributed by atoms with Gasteiger partial charge in [0.05, 0.1) is 17.4 Å². The van der Waals surface area contributed by atoms with Gasteiger partial charge in [0.25, 0.3) is 5.91 Å². The molecular weight excluding hydrogens is 346 g/mol. The highest BCUT2D eigenvalue weighted by atomic mass is 32.1. The van der Waals surface area contributed by atoms with E-state index in [1.165, 1.54) is 11.3 Å². The van der Waals surface area contributed by atoms with Crippen molar-refractivity contribution in [2.45, 2.75) is 32.2 Å². The molecule has 3 N–H and O–H groups in total. The van der Waals surface area contributed by atoms with Gasteiger partial charge in [-0.1, -0.05) is 32.0 Å². The Labute approximate surface area is 157 Å². The average Bonchev–Trinajstić information content (AvgIpc) is 3.36. The number of nitrogens with zero attached hydrogens (tertiary/aromatic N) is 3. The lowest BCUT2D eigenvalue weighted by Crippen LogP contribution is -2.52. The van der Waals surface area contributed by atoms with E-state index in [-0.39, 0.29) is 11.4 Å². The van der Waals surface area contributed by atoms with Crippen LogP contribution in [0.2, 0.25) is 0 Å². The van der Waals surface area contributed by atoms with Crippen molar-refractivity contribution < 1.29 is 4.79 Å². The number of amides is 1. The minimum atomic E-state index is -0.376. The standard InChI is InChI=1S/C19H23N5OS/c1-3-19(4-2,13-20)23-17(25)16-12-26-18(22-16)14-10-21-24(11-14)15-8-6-5-7-9-15/h5-12H,3-4,13,20H2,1-2H3,(H,23,25). The quantitative estimate of drug-likeness (QED) is 0.669. The van der Waals surface area contributed by atoms with E-state index < -0.39 is 0 Å². The lowest BCUT2D eigenvalue weighted by Gasteiger charge is -2.31. The molecule has 26 heavy (non-hydrogen) atoms. The Bertz CT molecular complexity index is 859. The largest absolute Gasteiger partial charge is 0.344 e. The maximum absolute atomic E-state index is 12.6. The first kappa shape index (κ1) is 18.3. The van der Waals surface area contributed by atoms with Crippen molar-refractivity contribution in [1.29, 1.82) is 0 Å². The van der Waals surface area contributed by atoms with Crippen LogP contribution in [-0.4, -0.2) is 32.8 Å². The number of thiazole rings is 1. The summed E-state index contributed by atoms with van der Waals surface area (Å²) >= 11 is 1.43. The van der Waals surface area contributed by atoms with E-state index in [1.807, 2.05) is 50.4 Å². The molecule has 0 atom stereocenters. The molecule has 0 radical (unpaired) electrons. The van der Waals surface area contributed by atoms with Gasteiger partial charge in [0.15, 0.2) is 0 Å². The third kappa shape index (κ3) is 3.68. The molecule has 0 unspecified atom stereocenters. The zero-order chi connectivity index (χ0) is 18.6. The van der Waals surface area contributed by atoms with Crippen LogP contribution in [0.4, 0.5) is 0 Å². The zero-order valence-electron chi connectivity index (χ0n) is 15.0. The first-order valence-electron chi connectivity index (χ1n) is 8.69. The summed E-state index contributed by atoms with van der Waals surface area (Å²) in [5, 5.41) is 9.98. The maximum atomic E-state index is 12.6. The summed E-state index contributed by atoms with van der Waals surface area (Å²) in [6, 6.07) is 9.87. The Morgan fingerprint density at radius 2 is 2.00 bits per heavy atom. The van der Waals surface area contributed by atoms with Gasteiger partial charge >= 0.3 is 0 Å². The van der Waals surface area contributed by atoms with Crippen LogP contribution in [0.1, 0.15) is 37.2 Å². The zero-order valence-corrected chi connectivity index (χ0v) is 15.8. The van der Waals surface area contributed by atoms with E-state index in [4.69, 9.17) is 5.73 Å². The molecule has 3 rings (SSSR count). The number of aromatic nitrogens is 3. The van der Waals surface area contributed by atoms with Gasteiger partial charge in [-0.3, -0.25) is 4.79 Å². The normalized spacial score (nSPS) is 11.5. The van der Waals surface area contributed by atoms with E-state index in [0.717, 1.165) is 29.1 Å². The molecule has 2 heterocycles. The predicted octanol–water partition coefficient (Wildman–Crippen LogP) is 3.24. The third-order valence-corrected chi connectivity index (χ3v) is 5.60. The number of carbonyl (C=O) groups excluding carboxylic acids is 1. The van der Waals surface area contributed by atoms with Crippen LogP contribution in [0.5, 0.6) is 0 Å². The van der Waals surface area contributed by atoms with E-state index in [0.29, 0.717) is 12.2 Å². The second-order valence-corrected chi connectivity index (χ2v) is 7.05. The van der Waals surface area contributed by atoms with Gasteiger partial charge in [-0.25, -0.2) is 9.67 Å². The second-order valence-electron chi connectivity index (χ2n) is 6.19. The summed E-state index contributed by atoms with van der Waals surface area (Å²) in [6.45, 7) is 4.47. The molecule has 0 saturated carbocycles. The minimum Gasteiger partial charge on any atom is -0.344 e. The molecule has 0 bridgehead atoms. The van der Waals surface area contributed by atoms with Crippen molar-refractivity contribution in [3.63, 3.8) is 0 Å². The van der Waals surface area contributed by atoms with Gasteiger partial charge in [0.1, 0.15) is 10.7 Å². The molecule has 3 aromatic rings. The summed E-state index contributed by atoms with van der Waals surface area (Å²) in [7, 11) is 0. The molecule has 0 saturated heterocycles. The third-order valence-electron chi connectivity index (χ3n) is 4.71. The molecule has 1 aromatic carbocycles. The van der Waals surface area contributed by atoms with E-state index in [9.17, 15) is 4.79 Å². The number of rotatable bonds is 7. The van der Waals surface area contributed by atoms with E-state index in [1.54, 1.807) is 16.3 Å². The highest BCUT2D eigenvalue weighted by Crippen LogP contribution is 2.25. The van der Waals surface area contributed by atoms with Crippen LogP contribution in [0.3, 0.4) is 0 Å². The summed E-state index contributed by atoms with van der Waals surface area (Å²) in [5.74, 6) is -0.183. The summed E-state index contributed by atoms with van der Waals surface area (Å²) < 4.78 is 1.80. The fourth-order valence-electron chi connectivity index (χ4n) is 2.74. The maximum Gasteiger partial charge on any atom is 0.271 e.